The zero-order chi connectivity index (χ0) is 12.1. The molecule has 3 heteroatoms. The van der Waals surface area contributed by atoms with Crippen LogP contribution in [0.5, 0.6) is 0 Å². The van der Waals surface area contributed by atoms with E-state index in [0.717, 1.165) is 13.1 Å². The molecule has 1 aliphatic heterocycles. The second-order valence-corrected chi connectivity index (χ2v) is 4.36. The molecule has 0 aliphatic carbocycles. The van der Waals surface area contributed by atoms with Gasteiger partial charge < -0.3 is 9.84 Å². The largest absolute Gasteiger partial charge is 0.395 e. The summed E-state index contributed by atoms with van der Waals surface area (Å²) in [6.45, 7) is 6.11. The lowest BCUT2D eigenvalue weighted by molar-refractivity contribution is -0.0610. The van der Waals surface area contributed by atoms with Crippen LogP contribution in [0.3, 0.4) is 0 Å². The van der Waals surface area contributed by atoms with E-state index in [0.29, 0.717) is 6.61 Å². The van der Waals surface area contributed by atoms with Crippen LogP contribution in [0, 0.1) is 0 Å². The molecule has 0 bridgehead atoms. The molecule has 17 heavy (non-hydrogen) atoms. The van der Waals surface area contributed by atoms with E-state index in [1.165, 1.54) is 5.56 Å². The lowest BCUT2D eigenvalue weighted by Crippen LogP contribution is -2.50. The first-order valence-corrected chi connectivity index (χ1v) is 5.96. The smallest absolute Gasteiger partial charge is 0.0881 e. The summed E-state index contributed by atoms with van der Waals surface area (Å²) in [5.74, 6) is 0. The van der Waals surface area contributed by atoms with Crippen LogP contribution in [-0.2, 0) is 11.3 Å². The Balaban J connectivity index is 2.03. The number of aliphatic hydroxyl groups is 1. The van der Waals surface area contributed by atoms with Gasteiger partial charge in [-0.25, -0.2) is 0 Å². The standard InChI is InChI=1S/C14H19NO2/c1-2-14-9-15(13(10-16)11-17-14)8-12-6-4-3-5-7-12/h2-7,13-14,16H,1,8-11H2/t13-,14+/m0/s1. The number of morpholine rings is 1. The van der Waals surface area contributed by atoms with Gasteiger partial charge in [-0.15, -0.1) is 6.58 Å². The van der Waals surface area contributed by atoms with Crippen molar-refractivity contribution in [1.82, 2.24) is 4.90 Å². The number of aliphatic hydroxyl groups excluding tert-OH is 1. The molecule has 1 saturated heterocycles. The van der Waals surface area contributed by atoms with Gasteiger partial charge in [-0.1, -0.05) is 36.4 Å². The summed E-state index contributed by atoms with van der Waals surface area (Å²) in [4.78, 5) is 2.26. The van der Waals surface area contributed by atoms with Crippen molar-refractivity contribution in [1.29, 1.82) is 0 Å². The van der Waals surface area contributed by atoms with Gasteiger partial charge in [-0.2, -0.15) is 0 Å². The van der Waals surface area contributed by atoms with Gasteiger partial charge in [0, 0.05) is 13.1 Å². The average molecular weight is 233 g/mol. The van der Waals surface area contributed by atoms with Gasteiger partial charge in [0.15, 0.2) is 0 Å². The minimum absolute atomic E-state index is 0.0708. The highest BCUT2D eigenvalue weighted by Crippen LogP contribution is 2.15. The molecule has 3 nitrogen and oxygen atoms in total. The van der Waals surface area contributed by atoms with Crippen molar-refractivity contribution in [3.63, 3.8) is 0 Å². The van der Waals surface area contributed by atoms with Crippen molar-refractivity contribution < 1.29 is 9.84 Å². The van der Waals surface area contributed by atoms with Gasteiger partial charge in [0.05, 0.1) is 25.4 Å². The maximum absolute atomic E-state index is 9.35. The number of hydrogen-bond donors (Lipinski definition) is 1. The van der Waals surface area contributed by atoms with E-state index < -0.39 is 0 Å². The molecule has 0 aromatic heterocycles. The van der Waals surface area contributed by atoms with Gasteiger partial charge in [0.2, 0.25) is 0 Å². The number of rotatable bonds is 4. The summed E-state index contributed by atoms with van der Waals surface area (Å²) < 4.78 is 5.58. The molecule has 0 amide bonds. The second kappa shape index (κ2) is 5.96. The Kier molecular flexibility index (Phi) is 4.31. The quantitative estimate of drug-likeness (QED) is 0.799. The minimum atomic E-state index is 0.0708. The van der Waals surface area contributed by atoms with E-state index in [2.05, 4.69) is 23.6 Å². The van der Waals surface area contributed by atoms with Gasteiger partial charge >= 0.3 is 0 Å². The van der Waals surface area contributed by atoms with E-state index in [1.807, 2.05) is 24.3 Å². The van der Waals surface area contributed by atoms with Gasteiger partial charge in [0.25, 0.3) is 0 Å². The van der Waals surface area contributed by atoms with Crippen molar-refractivity contribution in [3.05, 3.63) is 48.6 Å². The van der Waals surface area contributed by atoms with Crippen molar-refractivity contribution >= 4 is 0 Å². The van der Waals surface area contributed by atoms with Gasteiger partial charge in [-0.3, -0.25) is 4.90 Å². The minimum Gasteiger partial charge on any atom is -0.395 e. The molecule has 1 fully saturated rings. The fourth-order valence-corrected chi connectivity index (χ4v) is 2.10. The van der Waals surface area contributed by atoms with Gasteiger partial charge in [0.1, 0.15) is 0 Å². The summed E-state index contributed by atoms with van der Waals surface area (Å²) in [5.41, 5.74) is 1.26. The average Bonchev–Trinajstić information content (AvgIpc) is 2.40. The molecular weight excluding hydrogens is 214 g/mol. The third-order valence-electron chi connectivity index (χ3n) is 3.14. The summed E-state index contributed by atoms with van der Waals surface area (Å²) in [6, 6.07) is 10.4. The fraction of sp³-hybridized carbons (Fsp3) is 0.429. The molecule has 92 valence electrons. The highest BCUT2D eigenvalue weighted by atomic mass is 16.5. The molecule has 1 heterocycles. The topological polar surface area (TPSA) is 32.7 Å². The van der Waals surface area contributed by atoms with Crippen LogP contribution in [0.15, 0.2) is 43.0 Å². The maximum Gasteiger partial charge on any atom is 0.0881 e. The predicted molar refractivity (Wildman–Crippen MR) is 67.7 cm³/mol. The Hall–Kier alpha value is -1.16. The Morgan fingerprint density at radius 3 is 2.82 bits per heavy atom. The highest BCUT2D eigenvalue weighted by Gasteiger charge is 2.26. The Morgan fingerprint density at radius 2 is 2.18 bits per heavy atom. The zero-order valence-electron chi connectivity index (χ0n) is 9.96. The van der Waals surface area contributed by atoms with E-state index >= 15 is 0 Å². The van der Waals surface area contributed by atoms with Crippen molar-refractivity contribution in [2.45, 2.75) is 18.7 Å². The SMILES string of the molecule is C=C[C@@H]1CN(Cc2ccccc2)[C@@H](CO)CO1. The van der Waals surface area contributed by atoms with E-state index in [-0.39, 0.29) is 18.8 Å². The third kappa shape index (κ3) is 3.16. The van der Waals surface area contributed by atoms with Gasteiger partial charge in [-0.05, 0) is 5.56 Å². The molecular formula is C14H19NO2. The number of hydrogen-bond acceptors (Lipinski definition) is 3. The number of benzene rings is 1. The van der Waals surface area contributed by atoms with Crippen LogP contribution in [0.25, 0.3) is 0 Å². The lowest BCUT2D eigenvalue weighted by atomic mass is 10.1. The summed E-state index contributed by atoms with van der Waals surface area (Å²) in [5, 5.41) is 9.35. The highest BCUT2D eigenvalue weighted by molar-refractivity contribution is 5.14. The van der Waals surface area contributed by atoms with Crippen molar-refractivity contribution in [2.75, 3.05) is 19.8 Å². The van der Waals surface area contributed by atoms with Crippen LogP contribution in [0.1, 0.15) is 5.56 Å². The molecule has 1 aliphatic rings. The monoisotopic (exact) mass is 233 g/mol. The molecule has 0 spiro atoms. The number of nitrogens with zero attached hydrogens (tertiary/aromatic N) is 1. The first-order chi connectivity index (χ1) is 8.33. The summed E-state index contributed by atoms with van der Waals surface area (Å²) in [6.07, 6.45) is 1.90. The Labute approximate surface area is 102 Å². The van der Waals surface area contributed by atoms with Crippen LogP contribution < -0.4 is 0 Å². The number of ether oxygens (including phenoxy) is 1. The molecule has 0 saturated carbocycles. The maximum atomic E-state index is 9.35. The molecule has 2 atom stereocenters. The normalized spacial score (nSPS) is 25.7. The van der Waals surface area contributed by atoms with Crippen molar-refractivity contribution in [3.8, 4) is 0 Å². The predicted octanol–water partition coefficient (Wildman–Crippen LogP) is 1.43. The molecule has 1 aromatic carbocycles. The van der Waals surface area contributed by atoms with Crippen molar-refractivity contribution in [2.24, 2.45) is 0 Å². The lowest BCUT2D eigenvalue weighted by Gasteiger charge is -2.37. The first-order valence-electron chi connectivity index (χ1n) is 5.96. The fourth-order valence-electron chi connectivity index (χ4n) is 2.10. The molecule has 0 unspecified atom stereocenters. The second-order valence-electron chi connectivity index (χ2n) is 4.36. The van der Waals surface area contributed by atoms with Crippen LogP contribution in [0.4, 0.5) is 0 Å². The zero-order valence-corrected chi connectivity index (χ0v) is 9.96. The third-order valence-corrected chi connectivity index (χ3v) is 3.14. The Bertz CT molecular complexity index is 352. The summed E-state index contributed by atoms with van der Waals surface area (Å²) in [7, 11) is 0. The molecule has 0 radical (unpaired) electrons. The molecule has 1 aromatic rings. The first kappa shape index (κ1) is 12.3. The summed E-state index contributed by atoms with van der Waals surface area (Å²) >= 11 is 0. The van der Waals surface area contributed by atoms with Crippen LogP contribution in [-0.4, -0.2) is 41.9 Å². The van der Waals surface area contributed by atoms with E-state index in [9.17, 15) is 5.11 Å². The van der Waals surface area contributed by atoms with E-state index in [1.54, 1.807) is 0 Å². The van der Waals surface area contributed by atoms with Crippen LogP contribution in [0.2, 0.25) is 0 Å². The van der Waals surface area contributed by atoms with Crippen LogP contribution >= 0.6 is 0 Å². The Morgan fingerprint density at radius 1 is 1.41 bits per heavy atom. The molecule has 2 rings (SSSR count). The molecule has 1 N–H and O–H groups in total. The van der Waals surface area contributed by atoms with E-state index in [4.69, 9.17) is 4.74 Å².